The van der Waals surface area contributed by atoms with Crippen LogP contribution in [0, 0.1) is 13.8 Å². The minimum atomic E-state index is 0.0358. The molecule has 2 aliphatic heterocycles. The average molecular weight is 300 g/mol. The second kappa shape index (κ2) is 5.07. The lowest BCUT2D eigenvalue weighted by atomic mass is 10.2. The van der Waals surface area contributed by atoms with E-state index in [2.05, 4.69) is 10.3 Å². The van der Waals surface area contributed by atoms with Gasteiger partial charge in [-0.1, -0.05) is 0 Å². The Bertz CT molecular complexity index is 725. The first kappa shape index (κ1) is 13.7. The van der Waals surface area contributed by atoms with Crippen LogP contribution in [0.5, 0.6) is 0 Å². The molecule has 6 heteroatoms. The van der Waals surface area contributed by atoms with Crippen molar-refractivity contribution in [2.75, 3.05) is 26.2 Å². The summed E-state index contributed by atoms with van der Waals surface area (Å²) in [6, 6.07) is 4.25. The molecule has 2 aromatic heterocycles. The van der Waals surface area contributed by atoms with Crippen molar-refractivity contribution in [2.24, 2.45) is 0 Å². The molecule has 22 heavy (non-hydrogen) atoms. The summed E-state index contributed by atoms with van der Waals surface area (Å²) in [4.78, 5) is 19.4. The quantitative estimate of drug-likeness (QED) is 0.845. The number of aromatic nitrogens is 2. The second-order valence-electron chi connectivity index (χ2n) is 6.16. The lowest BCUT2D eigenvalue weighted by molar-refractivity contribution is 0.0176. The van der Waals surface area contributed by atoms with E-state index in [0.29, 0.717) is 18.8 Å². The molecule has 4 rings (SSSR count). The summed E-state index contributed by atoms with van der Waals surface area (Å²) < 4.78 is 7.64. The number of nitrogens with one attached hydrogen (secondary N) is 1. The number of amides is 1. The van der Waals surface area contributed by atoms with Crippen LogP contribution >= 0.6 is 0 Å². The molecular formula is C16H20N4O2. The first-order valence-corrected chi connectivity index (χ1v) is 7.73. The Hall–Kier alpha value is -1.92. The van der Waals surface area contributed by atoms with E-state index in [1.807, 2.05) is 41.5 Å². The summed E-state index contributed by atoms with van der Waals surface area (Å²) in [5, 5.41) is 3.43. The molecular weight excluding hydrogens is 280 g/mol. The number of fused-ring (bicyclic) bond motifs is 2. The normalized spacial score (nSPS) is 24.7. The van der Waals surface area contributed by atoms with Crippen LogP contribution in [0.4, 0.5) is 0 Å². The van der Waals surface area contributed by atoms with E-state index >= 15 is 0 Å². The monoisotopic (exact) mass is 300 g/mol. The molecule has 0 spiro atoms. The van der Waals surface area contributed by atoms with Crippen molar-refractivity contribution >= 4 is 11.6 Å². The molecule has 2 fully saturated rings. The van der Waals surface area contributed by atoms with E-state index in [1.54, 1.807) is 0 Å². The van der Waals surface area contributed by atoms with E-state index in [-0.39, 0.29) is 18.1 Å². The van der Waals surface area contributed by atoms with Crippen LogP contribution in [-0.4, -0.2) is 58.6 Å². The van der Waals surface area contributed by atoms with Gasteiger partial charge < -0.3 is 15.0 Å². The smallest absolute Gasteiger partial charge is 0.272 e. The van der Waals surface area contributed by atoms with Crippen LogP contribution in [0.25, 0.3) is 5.65 Å². The molecule has 0 aromatic carbocycles. The van der Waals surface area contributed by atoms with Gasteiger partial charge in [0.25, 0.3) is 5.91 Å². The van der Waals surface area contributed by atoms with Crippen molar-refractivity contribution in [3.63, 3.8) is 0 Å². The highest BCUT2D eigenvalue weighted by molar-refractivity contribution is 5.95. The first-order valence-electron chi connectivity index (χ1n) is 7.73. The number of hydrogen-bond acceptors (Lipinski definition) is 4. The van der Waals surface area contributed by atoms with Gasteiger partial charge in [0.2, 0.25) is 0 Å². The number of aryl methyl sites for hydroxylation is 2. The number of morpholine rings is 1. The Morgan fingerprint density at radius 3 is 3.09 bits per heavy atom. The number of rotatable bonds is 1. The molecule has 1 amide bonds. The maximum Gasteiger partial charge on any atom is 0.272 e. The van der Waals surface area contributed by atoms with Gasteiger partial charge in [-0.2, -0.15) is 0 Å². The first-order chi connectivity index (χ1) is 10.6. The molecule has 4 heterocycles. The van der Waals surface area contributed by atoms with Crippen LogP contribution < -0.4 is 5.32 Å². The molecule has 0 saturated carbocycles. The summed E-state index contributed by atoms with van der Waals surface area (Å²) in [7, 11) is 0. The van der Waals surface area contributed by atoms with E-state index in [9.17, 15) is 4.79 Å². The number of nitrogens with zero attached hydrogens (tertiary/aromatic N) is 3. The SMILES string of the molecule is Cc1ccn2c(C(=O)N3C[C@@H]4NCCO[C@H]4C3)c(C)nc2c1. The van der Waals surface area contributed by atoms with Crippen molar-refractivity contribution in [3.05, 3.63) is 35.3 Å². The Balaban J connectivity index is 1.67. The zero-order chi connectivity index (χ0) is 15.3. The predicted molar refractivity (Wildman–Crippen MR) is 82.1 cm³/mol. The topological polar surface area (TPSA) is 58.9 Å². The number of hydrogen-bond donors (Lipinski definition) is 1. The van der Waals surface area contributed by atoms with Crippen molar-refractivity contribution in [2.45, 2.75) is 26.0 Å². The fraction of sp³-hybridized carbons (Fsp3) is 0.500. The second-order valence-corrected chi connectivity index (χ2v) is 6.16. The van der Waals surface area contributed by atoms with Gasteiger partial charge in [-0.3, -0.25) is 9.20 Å². The molecule has 116 valence electrons. The standard InChI is InChI=1S/C16H20N4O2/c1-10-3-5-20-14(7-10)18-11(2)15(20)16(21)19-8-12-13(9-19)22-6-4-17-12/h3,5,7,12-13,17H,4,6,8-9H2,1-2H3/t12-,13-/m0/s1. The fourth-order valence-corrected chi connectivity index (χ4v) is 3.43. The summed E-state index contributed by atoms with van der Waals surface area (Å²) in [6.45, 7) is 6.85. The van der Waals surface area contributed by atoms with Crippen molar-refractivity contribution in [1.82, 2.24) is 19.6 Å². The van der Waals surface area contributed by atoms with Crippen molar-refractivity contribution in [3.8, 4) is 0 Å². The average Bonchev–Trinajstić information content (AvgIpc) is 3.06. The third kappa shape index (κ3) is 2.10. The summed E-state index contributed by atoms with van der Waals surface area (Å²) in [5.41, 5.74) is 3.40. The molecule has 0 aliphatic carbocycles. The van der Waals surface area contributed by atoms with Crippen LogP contribution in [0.1, 0.15) is 21.7 Å². The fourth-order valence-electron chi connectivity index (χ4n) is 3.43. The van der Waals surface area contributed by atoms with E-state index in [4.69, 9.17) is 4.74 Å². The van der Waals surface area contributed by atoms with Crippen LogP contribution in [0.15, 0.2) is 18.3 Å². The molecule has 0 radical (unpaired) electrons. The highest BCUT2D eigenvalue weighted by Crippen LogP contribution is 2.21. The van der Waals surface area contributed by atoms with Gasteiger partial charge in [-0.15, -0.1) is 0 Å². The minimum absolute atomic E-state index is 0.0358. The molecule has 1 N–H and O–H groups in total. The van der Waals surface area contributed by atoms with Crippen molar-refractivity contribution in [1.29, 1.82) is 0 Å². The molecule has 2 aliphatic rings. The van der Waals surface area contributed by atoms with Crippen LogP contribution in [0.2, 0.25) is 0 Å². The van der Waals surface area contributed by atoms with Gasteiger partial charge in [-0.25, -0.2) is 4.98 Å². The predicted octanol–water partition coefficient (Wildman–Crippen LogP) is 0.764. The maximum absolute atomic E-state index is 13.0. The number of carbonyl (C=O) groups is 1. The Morgan fingerprint density at radius 2 is 2.27 bits per heavy atom. The van der Waals surface area contributed by atoms with E-state index in [1.165, 1.54) is 0 Å². The third-order valence-corrected chi connectivity index (χ3v) is 4.55. The van der Waals surface area contributed by atoms with Crippen LogP contribution in [-0.2, 0) is 4.74 Å². The van der Waals surface area contributed by atoms with E-state index in [0.717, 1.165) is 30.1 Å². The van der Waals surface area contributed by atoms with Crippen LogP contribution in [0.3, 0.4) is 0 Å². The largest absolute Gasteiger partial charge is 0.373 e. The molecule has 2 aromatic rings. The Kier molecular flexibility index (Phi) is 3.16. The molecule has 0 unspecified atom stereocenters. The summed E-state index contributed by atoms with van der Waals surface area (Å²) in [6.07, 6.45) is 2.04. The lowest BCUT2D eigenvalue weighted by Crippen LogP contribution is -2.47. The third-order valence-electron chi connectivity index (χ3n) is 4.55. The molecule has 2 atom stereocenters. The zero-order valence-electron chi connectivity index (χ0n) is 12.9. The summed E-state index contributed by atoms with van der Waals surface area (Å²) >= 11 is 0. The van der Waals surface area contributed by atoms with Gasteiger partial charge in [0.05, 0.1) is 24.4 Å². The van der Waals surface area contributed by atoms with E-state index < -0.39 is 0 Å². The summed E-state index contributed by atoms with van der Waals surface area (Å²) in [5.74, 6) is 0.0358. The minimum Gasteiger partial charge on any atom is -0.373 e. The molecule has 2 saturated heterocycles. The molecule has 0 bridgehead atoms. The number of imidazole rings is 1. The number of carbonyl (C=O) groups excluding carboxylic acids is 1. The zero-order valence-corrected chi connectivity index (χ0v) is 12.9. The Labute approximate surface area is 129 Å². The van der Waals surface area contributed by atoms with Gasteiger partial charge in [0, 0.05) is 25.8 Å². The highest BCUT2D eigenvalue weighted by atomic mass is 16.5. The van der Waals surface area contributed by atoms with Crippen molar-refractivity contribution < 1.29 is 9.53 Å². The van der Waals surface area contributed by atoms with Gasteiger partial charge in [-0.05, 0) is 31.5 Å². The van der Waals surface area contributed by atoms with Gasteiger partial charge >= 0.3 is 0 Å². The number of pyridine rings is 1. The number of likely N-dealkylation sites (tertiary alicyclic amines) is 1. The molecule has 6 nitrogen and oxygen atoms in total. The van der Waals surface area contributed by atoms with Gasteiger partial charge in [0.15, 0.2) is 0 Å². The van der Waals surface area contributed by atoms with Gasteiger partial charge in [0.1, 0.15) is 11.3 Å². The highest BCUT2D eigenvalue weighted by Gasteiger charge is 2.38. The maximum atomic E-state index is 13.0. The number of ether oxygens (including phenoxy) is 1. The lowest BCUT2D eigenvalue weighted by Gasteiger charge is -2.25. The Morgan fingerprint density at radius 1 is 1.41 bits per heavy atom.